The van der Waals surface area contributed by atoms with Gasteiger partial charge in [0.15, 0.2) is 0 Å². The van der Waals surface area contributed by atoms with Crippen molar-refractivity contribution in [2.45, 2.75) is 18.9 Å². The Balaban J connectivity index is 1.49. The second-order valence-electron chi connectivity index (χ2n) is 6.89. The summed E-state index contributed by atoms with van der Waals surface area (Å²) in [7, 11) is 1.45. The van der Waals surface area contributed by atoms with E-state index in [0.29, 0.717) is 6.04 Å². The number of methoxy groups -OCH3 is 1. The van der Waals surface area contributed by atoms with Gasteiger partial charge in [0.05, 0.1) is 23.4 Å². The molecule has 1 heterocycles. The van der Waals surface area contributed by atoms with Crippen molar-refractivity contribution < 1.29 is 9.53 Å². The summed E-state index contributed by atoms with van der Waals surface area (Å²) in [5, 5.41) is 0.815. The molecule has 0 amide bonds. The minimum absolute atomic E-state index is 0.231. The average Bonchev–Trinajstić information content (AvgIpc) is 3.12. The summed E-state index contributed by atoms with van der Waals surface area (Å²) in [6.07, 6.45) is 2.01. The number of carbonyl (C=O) groups is 1. The number of piperazine rings is 1. The van der Waals surface area contributed by atoms with Gasteiger partial charge >= 0.3 is 5.97 Å². The molecule has 4 nitrogen and oxygen atoms in total. The lowest BCUT2D eigenvalue weighted by atomic mass is 10.0. The number of fused-ring (bicyclic) bond motifs is 1. The fraction of sp³-hybridized carbons (Fsp3) is 0.381. The first kappa shape index (κ1) is 17.4. The van der Waals surface area contributed by atoms with Gasteiger partial charge in [0.25, 0.3) is 0 Å². The number of hydrogen-bond donors (Lipinski definition) is 0. The highest BCUT2D eigenvalue weighted by atomic mass is 35.5. The third kappa shape index (κ3) is 3.08. The number of carbonyl (C=O) groups excluding carboxylic acids is 1. The minimum atomic E-state index is -0.231. The zero-order chi connectivity index (χ0) is 18.1. The molecule has 2 aliphatic rings. The Morgan fingerprint density at radius 1 is 1.08 bits per heavy atom. The number of esters is 1. The summed E-state index contributed by atoms with van der Waals surface area (Å²) < 4.78 is 4.94. The third-order valence-electron chi connectivity index (χ3n) is 5.59. The van der Waals surface area contributed by atoms with Gasteiger partial charge in [-0.15, -0.1) is 0 Å². The van der Waals surface area contributed by atoms with E-state index < -0.39 is 0 Å². The minimum Gasteiger partial charge on any atom is -0.465 e. The van der Waals surface area contributed by atoms with Crippen LogP contribution in [-0.4, -0.2) is 44.2 Å². The molecule has 1 fully saturated rings. The van der Waals surface area contributed by atoms with E-state index in [4.69, 9.17) is 16.3 Å². The van der Waals surface area contributed by atoms with Crippen LogP contribution in [-0.2, 0) is 11.2 Å². The van der Waals surface area contributed by atoms with Crippen LogP contribution in [0.15, 0.2) is 42.5 Å². The molecule has 0 saturated carbocycles. The molecule has 5 heteroatoms. The lowest BCUT2D eigenvalue weighted by molar-refractivity contribution is 0.0599. The van der Waals surface area contributed by atoms with Gasteiger partial charge in [-0.1, -0.05) is 35.9 Å². The molecule has 0 bridgehead atoms. The van der Waals surface area contributed by atoms with Crippen molar-refractivity contribution in [2.75, 3.05) is 38.2 Å². The molecule has 2 aromatic rings. The van der Waals surface area contributed by atoms with Gasteiger partial charge < -0.3 is 9.64 Å². The van der Waals surface area contributed by atoms with Crippen LogP contribution < -0.4 is 4.90 Å². The third-order valence-corrected chi connectivity index (χ3v) is 5.91. The molecule has 0 spiro atoms. The first-order valence-corrected chi connectivity index (χ1v) is 9.50. The molecule has 26 heavy (non-hydrogen) atoms. The van der Waals surface area contributed by atoms with Crippen LogP contribution in [0, 0.1) is 0 Å². The second kappa shape index (κ2) is 7.29. The van der Waals surface area contributed by atoms with Gasteiger partial charge in [0, 0.05) is 32.2 Å². The quantitative estimate of drug-likeness (QED) is 0.766. The molecule has 2 aromatic carbocycles. The topological polar surface area (TPSA) is 32.8 Å². The first-order valence-electron chi connectivity index (χ1n) is 9.12. The highest BCUT2D eigenvalue weighted by Crippen LogP contribution is 2.38. The number of halogens is 1. The molecule has 1 unspecified atom stereocenters. The van der Waals surface area contributed by atoms with E-state index in [9.17, 15) is 4.79 Å². The number of nitrogens with zero attached hydrogens (tertiary/aromatic N) is 2. The fourth-order valence-corrected chi connectivity index (χ4v) is 4.55. The lowest BCUT2D eigenvalue weighted by Crippen LogP contribution is -2.47. The van der Waals surface area contributed by atoms with Gasteiger partial charge in [0.1, 0.15) is 0 Å². The zero-order valence-corrected chi connectivity index (χ0v) is 15.7. The van der Waals surface area contributed by atoms with Crippen LogP contribution >= 0.6 is 11.6 Å². The van der Waals surface area contributed by atoms with Crippen molar-refractivity contribution in [2.24, 2.45) is 0 Å². The smallest absolute Gasteiger partial charge is 0.338 e. The highest BCUT2D eigenvalue weighted by Gasteiger charge is 2.32. The average molecular weight is 371 g/mol. The van der Waals surface area contributed by atoms with Crippen molar-refractivity contribution >= 4 is 23.3 Å². The van der Waals surface area contributed by atoms with Crippen LogP contribution in [0.3, 0.4) is 0 Å². The van der Waals surface area contributed by atoms with E-state index in [0.717, 1.165) is 60.9 Å². The van der Waals surface area contributed by atoms with E-state index in [1.54, 1.807) is 0 Å². The Morgan fingerprint density at radius 2 is 1.85 bits per heavy atom. The van der Waals surface area contributed by atoms with Crippen LogP contribution in [0.1, 0.15) is 33.9 Å². The monoisotopic (exact) mass is 370 g/mol. The predicted octanol–water partition coefficient (Wildman–Crippen LogP) is 3.94. The van der Waals surface area contributed by atoms with Crippen LogP contribution in [0.25, 0.3) is 0 Å². The highest BCUT2D eigenvalue weighted by molar-refractivity contribution is 6.33. The molecule has 0 aromatic heterocycles. The summed E-state index contributed by atoms with van der Waals surface area (Å²) in [6.45, 7) is 3.92. The van der Waals surface area contributed by atoms with Crippen LogP contribution in [0.4, 0.5) is 5.69 Å². The summed E-state index contributed by atoms with van der Waals surface area (Å²) >= 11 is 6.35. The Kier molecular flexibility index (Phi) is 4.88. The second-order valence-corrected chi connectivity index (χ2v) is 7.30. The summed E-state index contributed by atoms with van der Waals surface area (Å²) in [5.74, 6) is -0.231. The largest absolute Gasteiger partial charge is 0.465 e. The molecule has 1 aliphatic carbocycles. The summed E-state index contributed by atoms with van der Waals surface area (Å²) in [4.78, 5) is 16.9. The van der Waals surface area contributed by atoms with Gasteiger partial charge in [-0.25, -0.2) is 4.79 Å². The Hall–Kier alpha value is -2.04. The Bertz CT molecular complexity index is 815. The maximum atomic E-state index is 12.0. The van der Waals surface area contributed by atoms with Crippen LogP contribution in [0.2, 0.25) is 5.02 Å². The molecule has 0 N–H and O–H groups in total. The summed E-state index contributed by atoms with van der Waals surface area (Å²) in [6, 6.07) is 14.5. The lowest BCUT2D eigenvalue weighted by Gasteiger charge is -2.39. The number of hydrogen-bond acceptors (Lipinski definition) is 4. The van der Waals surface area contributed by atoms with E-state index >= 15 is 0 Å². The fourth-order valence-electron chi connectivity index (χ4n) is 4.30. The molecule has 0 radical (unpaired) electrons. The maximum Gasteiger partial charge on any atom is 0.338 e. The first-order chi connectivity index (χ1) is 12.7. The Labute approximate surface area is 159 Å². The molecule has 4 rings (SSSR count). The number of rotatable bonds is 3. The summed E-state index contributed by atoms with van der Waals surface area (Å²) in [5.41, 5.74) is 4.30. The van der Waals surface area contributed by atoms with Crippen molar-refractivity contribution in [1.29, 1.82) is 0 Å². The van der Waals surface area contributed by atoms with Gasteiger partial charge in [-0.2, -0.15) is 0 Å². The van der Waals surface area contributed by atoms with Crippen molar-refractivity contribution in [3.63, 3.8) is 0 Å². The normalized spacial score (nSPS) is 20.1. The SMILES string of the molecule is COC(=O)c1cccc2c1CCC2N1CCN(c2ccccc2Cl)CC1. The van der Waals surface area contributed by atoms with E-state index in [-0.39, 0.29) is 5.97 Å². The Morgan fingerprint density at radius 3 is 2.58 bits per heavy atom. The predicted molar refractivity (Wildman–Crippen MR) is 104 cm³/mol. The van der Waals surface area contributed by atoms with Gasteiger partial charge in [-0.05, 0) is 42.2 Å². The molecular formula is C21H23ClN2O2. The van der Waals surface area contributed by atoms with Crippen molar-refractivity contribution in [3.8, 4) is 0 Å². The maximum absolute atomic E-state index is 12.0. The van der Waals surface area contributed by atoms with Crippen molar-refractivity contribution in [3.05, 3.63) is 64.2 Å². The van der Waals surface area contributed by atoms with Gasteiger partial charge in [-0.3, -0.25) is 4.90 Å². The van der Waals surface area contributed by atoms with Gasteiger partial charge in [0.2, 0.25) is 0 Å². The van der Waals surface area contributed by atoms with Crippen molar-refractivity contribution in [1.82, 2.24) is 4.90 Å². The zero-order valence-electron chi connectivity index (χ0n) is 15.0. The van der Waals surface area contributed by atoms with E-state index in [1.165, 1.54) is 12.7 Å². The van der Waals surface area contributed by atoms with E-state index in [2.05, 4.69) is 21.9 Å². The molecule has 1 aliphatic heterocycles. The molecule has 136 valence electrons. The standard InChI is InChI=1S/C21H23ClN2O2/c1-26-21(25)17-6-4-5-16-15(17)9-10-19(16)23-11-13-24(14-12-23)20-8-3-2-7-18(20)22/h2-8,19H,9-14H2,1H3. The molecule has 1 atom stereocenters. The van der Waals surface area contributed by atoms with E-state index in [1.807, 2.05) is 30.3 Å². The molecule has 1 saturated heterocycles. The number of para-hydroxylation sites is 1. The van der Waals surface area contributed by atoms with Crippen LogP contribution in [0.5, 0.6) is 0 Å². The number of benzene rings is 2. The molecular weight excluding hydrogens is 348 g/mol. The number of ether oxygens (including phenoxy) is 1. The number of anilines is 1.